The first-order chi connectivity index (χ1) is 9.47. The van der Waals surface area contributed by atoms with Crippen molar-refractivity contribution >= 4 is 5.84 Å². The molecule has 0 amide bonds. The summed E-state index contributed by atoms with van der Waals surface area (Å²) in [5.41, 5.74) is 7.73. The number of rotatable bonds is 8. The molecule has 1 heterocycles. The Balaban J connectivity index is 2.19. The Bertz CT molecular complexity index is 443. The molecule has 0 aliphatic rings. The van der Waals surface area contributed by atoms with Crippen molar-refractivity contribution in [3.05, 3.63) is 29.6 Å². The first kappa shape index (κ1) is 16.4. The van der Waals surface area contributed by atoms with E-state index in [0.717, 1.165) is 38.0 Å². The van der Waals surface area contributed by atoms with Crippen molar-refractivity contribution in [3.63, 3.8) is 0 Å². The average molecular weight is 278 g/mol. The van der Waals surface area contributed by atoms with Gasteiger partial charge in [0.15, 0.2) is 0 Å². The van der Waals surface area contributed by atoms with E-state index in [4.69, 9.17) is 10.9 Å². The molecule has 1 rings (SSSR count). The van der Waals surface area contributed by atoms with Gasteiger partial charge in [0, 0.05) is 18.2 Å². The van der Waals surface area contributed by atoms with Crippen LogP contribution in [-0.2, 0) is 6.54 Å². The first-order valence-electron chi connectivity index (χ1n) is 7.06. The normalized spacial score (nSPS) is 12.7. The molecule has 0 saturated heterocycles. The lowest BCUT2D eigenvalue weighted by Gasteiger charge is -2.22. The van der Waals surface area contributed by atoms with E-state index in [1.54, 1.807) is 0 Å². The van der Waals surface area contributed by atoms with Gasteiger partial charge in [-0.3, -0.25) is 4.98 Å². The second-order valence-electron chi connectivity index (χ2n) is 5.77. The van der Waals surface area contributed by atoms with Crippen molar-refractivity contribution in [3.8, 4) is 0 Å². The van der Waals surface area contributed by atoms with Crippen LogP contribution in [0.5, 0.6) is 0 Å². The van der Waals surface area contributed by atoms with Gasteiger partial charge in [-0.2, -0.15) is 0 Å². The third-order valence-electron chi connectivity index (χ3n) is 3.62. The van der Waals surface area contributed by atoms with Crippen molar-refractivity contribution < 1.29 is 5.21 Å². The Morgan fingerprint density at radius 3 is 2.85 bits per heavy atom. The number of nitrogens with one attached hydrogen (secondary N) is 1. The van der Waals surface area contributed by atoms with Crippen molar-refractivity contribution in [1.82, 2.24) is 10.3 Å². The Kier molecular flexibility index (Phi) is 6.45. The Morgan fingerprint density at radius 1 is 1.45 bits per heavy atom. The molecule has 5 heteroatoms. The fourth-order valence-electron chi connectivity index (χ4n) is 1.99. The van der Waals surface area contributed by atoms with Gasteiger partial charge < -0.3 is 16.3 Å². The molecule has 1 aromatic rings. The molecule has 0 spiro atoms. The van der Waals surface area contributed by atoms with E-state index in [1.165, 1.54) is 5.56 Å². The van der Waals surface area contributed by atoms with Gasteiger partial charge in [-0.25, -0.2) is 0 Å². The fraction of sp³-hybridized carbons (Fsp3) is 0.600. The standard InChI is InChI=1S/C15H26N4O/c1-12-7-6-10-18-13(12)11-17-9-5-4-8-15(2,3)14(16)19-20/h6-7,10,17,20H,4-5,8-9,11H2,1-3H3,(H2,16,19). The lowest BCUT2D eigenvalue weighted by molar-refractivity contribution is 0.304. The number of oxime groups is 1. The van der Waals surface area contributed by atoms with Gasteiger partial charge in [0.2, 0.25) is 0 Å². The van der Waals surface area contributed by atoms with Crippen LogP contribution < -0.4 is 11.1 Å². The smallest absolute Gasteiger partial charge is 0.144 e. The molecule has 0 saturated carbocycles. The van der Waals surface area contributed by atoms with Crippen LogP contribution in [0.15, 0.2) is 23.5 Å². The van der Waals surface area contributed by atoms with Gasteiger partial charge in [0.25, 0.3) is 0 Å². The largest absolute Gasteiger partial charge is 0.409 e. The molecule has 0 aliphatic heterocycles. The van der Waals surface area contributed by atoms with Crippen LogP contribution >= 0.6 is 0 Å². The highest BCUT2D eigenvalue weighted by Crippen LogP contribution is 2.23. The van der Waals surface area contributed by atoms with Crippen LogP contribution in [0.25, 0.3) is 0 Å². The van der Waals surface area contributed by atoms with Crippen LogP contribution in [-0.4, -0.2) is 22.6 Å². The quantitative estimate of drug-likeness (QED) is 0.224. The lowest BCUT2D eigenvalue weighted by Crippen LogP contribution is -2.32. The minimum absolute atomic E-state index is 0.244. The molecule has 0 aromatic carbocycles. The summed E-state index contributed by atoms with van der Waals surface area (Å²) >= 11 is 0. The number of pyridine rings is 1. The molecule has 0 aliphatic carbocycles. The molecular weight excluding hydrogens is 252 g/mol. The van der Waals surface area contributed by atoms with Crippen molar-refractivity contribution in [2.24, 2.45) is 16.3 Å². The second kappa shape index (κ2) is 7.85. The molecule has 1 aromatic heterocycles. The van der Waals surface area contributed by atoms with Gasteiger partial charge in [-0.15, -0.1) is 0 Å². The minimum Gasteiger partial charge on any atom is -0.409 e. The van der Waals surface area contributed by atoms with E-state index in [0.29, 0.717) is 5.84 Å². The highest BCUT2D eigenvalue weighted by Gasteiger charge is 2.22. The maximum absolute atomic E-state index is 8.71. The maximum atomic E-state index is 8.71. The van der Waals surface area contributed by atoms with Gasteiger partial charge in [0.05, 0.1) is 5.69 Å². The molecule has 112 valence electrons. The van der Waals surface area contributed by atoms with Gasteiger partial charge in [-0.05, 0) is 37.9 Å². The molecule has 20 heavy (non-hydrogen) atoms. The molecule has 5 nitrogen and oxygen atoms in total. The van der Waals surface area contributed by atoms with E-state index in [1.807, 2.05) is 26.1 Å². The summed E-state index contributed by atoms with van der Waals surface area (Å²) in [6, 6.07) is 4.03. The molecule has 0 bridgehead atoms. The molecule has 4 N–H and O–H groups in total. The van der Waals surface area contributed by atoms with Gasteiger partial charge in [0.1, 0.15) is 5.84 Å². The highest BCUT2D eigenvalue weighted by molar-refractivity contribution is 5.85. The summed E-state index contributed by atoms with van der Waals surface area (Å²) in [7, 11) is 0. The maximum Gasteiger partial charge on any atom is 0.144 e. The third kappa shape index (κ3) is 5.17. The number of aromatic nitrogens is 1. The van der Waals surface area contributed by atoms with E-state index in [9.17, 15) is 0 Å². The van der Waals surface area contributed by atoms with Crippen LogP contribution in [0.4, 0.5) is 0 Å². The van der Waals surface area contributed by atoms with Crippen LogP contribution in [0, 0.1) is 12.3 Å². The molecule has 0 fully saturated rings. The topological polar surface area (TPSA) is 83.5 Å². The van der Waals surface area contributed by atoms with Gasteiger partial charge in [-0.1, -0.05) is 31.5 Å². The van der Waals surface area contributed by atoms with Crippen LogP contribution in [0.1, 0.15) is 44.4 Å². The number of hydrogen-bond acceptors (Lipinski definition) is 4. The van der Waals surface area contributed by atoms with Crippen molar-refractivity contribution in [2.45, 2.75) is 46.6 Å². The third-order valence-corrected chi connectivity index (χ3v) is 3.62. The van der Waals surface area contributed by atoms with E-state index in [-0.39, 0.29) is 5.41 Å². The van der Waals surface area contributed by atoms with Crippen molar-refractivity contribution in [1.29, 1.82) is 0 Å². The average Bonchev–Trinajstić information content (AvgIpc) is 2.43. The summed E-state index contributed by atoms with van der Waals surface area (Å²) in [6.45, 7) is 7.81. The lowest BCUT2D eigenvalue weighted by atomic mass is 9.86. The SMILES string of the molecule is Cc1cccnc1CNCCCCC(C)(C)/C(N)=N/O. The number of nitrogens with zero attached hydrogens (tertiary/aromatic N) is 2. The number of unbranched alkanes of at least 4 members (excludes halogenated alkanes) is 1. The number of hydrogen-bond donors (Lipinski definition) is 3. The zero-order valence-electron chi connectivity index (χ0n) is 12.7. The fourth-order valence-corrected chi connectivity index (χ4v) is 1.99. The predicted octanol–water partition coefficient (Wildman–Crippen LogP) is 2.42. The Morgan fingerprint density at radius 2 is 2.20 bits per heavy atom. The summed E-state index contributed by atoms with van der Waals surface area (Å²) < 4.78 is 0. The Hall–Kier alpha value is -1.62. The van der Waals surface area contributed by atoms with E-state index < -0.39 is 0 Å². The molecule has 0 radical (unpaired) electrons. The van der Waals surface area contributed by atoms with Crippen LogP contribution in [0.3, 0.4) is 0 Å². The number of nitrogens with two attached hydrogens (primary N) is 1. The highest BCUT2D eigenvalue weighted by atomic mass is 16.4. The minimum atomic E-state index is -0.244. The van der Waals surface area contributed by atoms with Crippen molar-refractivity contribution in [2.75, 3.05) is 6.54 Å². The zero-order chi connectivity index (χ0) is 15.0. The Labute approximate surface area is 121 Å². The van der Waals surface area contributed by atoms with E-state index in [2.05, 4.69) is 28.4 Å². The molecule has 0 unspecified atom stereocenters. The summed E-state index contributed by atoms with van der Waals surface area (Å²) in [6.07, 6.45) is 4.84. The molecular formula is C15H26N4O. The summed E-state index contributed by atoms with van der Waals surface area (Å²) in [5.74, 6) is 0.301. The van der Waals surface area contributed by atoms with Crippen LogP contribution in [0.2, 0.25) is 0 Å². The number of amidine groups is 1. The second-order valence-corrected chi connectivity index (χ2v) is 5.77. The molecule has 0 atom stereocenters. The first-order valence-corrected chi connectivity index (χ1v) is 7.06. The summed E-state index contributed by atoms with van der Waals surface area (Å²) in [5, 5.41) is 15.2. The van der Waals surface area contributed by atoms with E-state index >= 15 is 0 Å². The van der Waals surface area contributed by atoms with Gasteiger partial charge >= 0.3 is 0 Å². The zero-order valence-corrected chi connectivity index (χ0v) is 12.7. The predicted molar refractivity (Wildman–Crippen MR) is 81.7 cm³/mol. The monoisotopic (exact) mass is 278 g/mol. The summed E-state index contributed by atoms with van der Waals surface area (Å²) in [4.78, 5) is 4.35. The number of aryl methyl sites for hydroxylation is 1.